The Morgan fingerprint density at radius 2 is 1.66 bits per heavy atom. The van der Waals surface area contributed by atoms with Crippen LogP contribution in [0.5, 0.6) is 5.75 Å². The van der Waals surface area contributed by atoms with Crippen LogP contribution >= 0.6 is 0 Å². The number of carbonyl (C=O) groups excluding carboxylic acids is 4. The van der Waals surface area contributed by atoms with E-state index in [1.54, 1.807) is 41.4 Å². The Hall–Kier alpha value is -3.49. The lowest BCUT2D eigenvalue weighted by atomic mass is 9.94. The van der Waals surface area contributed by atoms with Crippen molar-refractivity contribution in [3.63, 3.8) is 0 Å². The third-order valence-electron chi connectivity index (χ3n) is 7.93. The fourth-order valence-corrected chi connectivity index (χ4v) is 5.21. The molecule has 0 saturated carbocycles. The third-order valence-corrected chi connectivity index (χ3v) is 7.93. The number of alkyl halides is 3. The Labute approximate surface area is 253 Å². The summed E-state index contributed by atoms with van der Waals surface area (Å²) in [6.45, 7) is 2.86. The largest absolute Gasteiger partial charge is 0.497 e. The number of carbonyl (C=O) groups is 4. The number of hydrogen-bond acceptors (Lipinski definition) is 8. The van der Waals surface area contributed by atoms with Gasteiger partial charge in [-0.3, -0.25) is 24.1 Å². The molecular formula is C30H39F3N4O7. The first-order valence-corrected chi connectivity index (χ1v) is 14.6. The number of benzene rings is 1. The second-order valence-electron chi connectivity index (χ2n) is 11.4. The van der Waals surface area contributed by atoms with Crippen molar-refractivity contribution in [1.29, 1.82) is 0 Å². The van der Waals surface area contributed by atoms with E-state index >= 15 is 0 Å². The van der Waals surface area contributed by atoms with Crippen molar-refractivity contribution in [1.82, 2.24) is 20.9 Å². The van der Waals surface area contributed by atoms with Crippen molar-refractivity contribution >= 4 is 23.5 Å². The minimum Gasteiger partial charge on any atom is -0.497 e. The van der Waals surface area contributed by atoms with Crippen molar-refractivity contribution < 1.29 is 46.6 Å². The molecule has 0 radical (unpaired) electrons. The van der Waals surface area contributed by atoms with Crippen LogP contribution < -0.4 is 20.7 Å². The zero-order valence-electron chi connectivity index (χ0n) is 24.8. The van der Waals surface area contributed by atoms with Gasteiger partial charge in [0.05, 0.1) is 39.5 Å². The molecule has 1 aromatic carbocycles. The summed E-state index contributed by atoms with van der Waals surface area (Å²) in [5.41, 5.74) is 0.451. The topological polar surface area (TPSA) is 139 Å². The van der Waals surface area contributed by atoms with E-state index in [1.165, 1.54) is 7.11 Å². The lowest BCUT2D eigenvalue weighted by molar-refractivity contribution is -0.172. The number of Topliss-reactive ketones (excluding diaryl/α,β-unsaturated/α-hetero) is 1. The van der Waals surface area contributed by atoms with Crippen LogP contribution in [0.3, 0.4) is 0 Å². The summed E-state index contributed by atoms with van der Waals surface area (Å²) in [5, 5.41) is 6.65. The first-order chi connectivity index (χ1) is 20.9. The number of ether oxygens (including phenoxy) is 3. The predicted molar refractivity (Wildman–Crippen MR) is 152 cm³/mol. The molecule has 242 valence electrons. The molecule has 1 unspecified atom stereocenters. The van der Waals surface area contributed by atoms with Crippen molar-refractivity contribution in [3.8, 4) is 5.75 Å². The van der Waals surface area contributed by atoms with Gasteiger partial charge >= 0.3 is 6.18 Å². The van der Waals surface area contributed by atoms with Gasteiger partial charge in [-0.05, 0) is 50.3 Å². The molecule has 3 amide bonds. The zero-order chi connectivity index (χ0) is 31.9. The minimum absolute atomic E-state index is 0.189. The highest BCUT2D eigenvalue weighted by atomic mass is 19.4. The number of halogens is 3. The monoisotopic (exact) mass is 624 g/mol. The fraction of sp³-hybridized carbons (Fsp3) is 0.600. The van der Waals surface area contributed by atoms with Crippen LogP contribution in [-0.4, -0.2) is 105 Å². The summed E-state index contributed by atoms with van der Waals surface area (Å²) in [5.74, 6) is -3.26. The van der Waals surface area contributed by atoms with E-state index in [2.05, 4.69) is 10.6 Å². The highest BCUT2D eigenvalue weighted by molar-refractivity contribution is 5.98. The lowest BCUT2D eigenvalue weighted by Crippen LogP contribution is -2.61. The van der Waals surface area contributed by atoms with Crippen LogP contribution in [0.15, 0.2) is 35.9 Å². The van der Waals surface area contributed by atoms with Gasteiger partial charge in [-0.15, -0.1) is 0 Å². The SMILES string of the molecule is COc1ccc(C[C@H](NC(=O)C(NC(=O)CN2CCOCC2)C(F)(F)F)C(=O)N[C@@H](CC2=CCCC2)C(=O)[C@@]2(C)CO2)cc1. The highest BCUT2D eigenvalue weighted by Gasteiger charge is 2.51. The molecule has 2 fully saturated rings. The van der Waals surface area contributed by atoms with E-state index in [1.807, 2.05) is 6.08 Å². The average molecular weight is 625 g/mol. The van der Waals surface area contributed by atoms with E-state index in [0.717, 1.165) is 24.8 Å². The summed E-state index contributed by atoms with van der Waals surface area (Å²) in [7, 11) is 1.47. The van der Waals surface area contributed by atoms with Crippen molar-refractivity contribution in [2.24, 2.45) is 0 Å². The first kappa shape index (κ1) is 33.4. The number of ketones is 1. The number of nitrogens with one attached hydrogen (secondary N) is 3. The van der Waals surface area contributed by atoms with Crippen molar-refractivity contribution in [3.05, 3.63) is 41.5 Å². The van der Waals surface area contributed by atoms with Crippen LogP contribution in [0.4, 0.5) is 13.2 Å². The molecule has 4 atom stereocenters. The van der Waals surface area contributed by atoms with Gasteiger partial charge in [-0.1, -0.05) is 23.8 Å². The number of amides is 3. The van der Waals surface area contributed by atoms with Crippen LogP contribution in [0.1, 0.15) is 38.2 Å². The number of nitrogens with zero attached hydrogens (tertiary/aromatic N) is 1. The van der Waals surface area contributed by atoms with Crippen LogP contribution in [-0.2, 0) is 35.1 Å². The van der Waals surface area contributed by atoms with Crippen LogP contribution in [0, 0.1) is 0 Å². The average Bonchev–Trinajstić information content (AvgIpc) is 3.53. The molecular weight excluding hydrogens is 585 g/mol. The molecule has 2 aliphatic heterocycles. The number of hydrogen-bond donors (Lipinski definition) is 3. The number of allylic oxidation sites excluding steroid dienone is 1. The van der Waals surface area contributed by atoms with Gasteiger partial charge in [0.25, 0.3) is 5.91 Å². The molecule has 14 heteroatoms. The molecule has 1 aromatic rings. The molecule has 4 rings (SSSR count). The molecule has 0 bridgehead atoms. The van der Waals surface area contributed by atoms with Crippen LogP contribution in [0.25, 0.3) is 0 Å². The Morgan fingerprint density at radius 3 is 2.23 bits per heavy atom. The highest BCUT2D eigenvalue weighted by Crippen LogP contribution is 2.31. The predicted octanol–water partition coefficient (Wildman–Crippen LogP) is 1.45. The van der Waals surface area contributed by atoms with Gasteiger partial charge in [-0.25, -0.2) is 0 Å². The Kier molecular flexibility index (Phi) is 11.0. The minimum atomic E-state index is -5.14. The van der Waals surface area contributed by atoms with E-state index in [0.29, 0.717) is 37.6 Å². The molecule has 44 heavy (non-hydrogen) atoms. The summed E-state index contributed by atoms with van der Waals surface area (Å²) >= 11 is 0. The quantitative estimate of drug-likeness (QED) is 0.209. The van der Waals surface area contributed by atoms with Crippen molar-refractivity contribution in [2.45, 2.75) is 68.9 Å². The van der Waals surface area contributed by atoms with Gasteiger partial charge in [0.1, 0.15) is 17.4 Å². The van der Waals surface area contributed by atoms with Gasteiger partial charge in [0.15, 0.2) is 5.78 Å². The second kappa shape index (κ2) is 14.5. The van der Waals surface area contributed by atoms with E-state index in [-0.39, 0.29) is 31.8 Å². The maximum atomic E-state index is 14.1. The van der Waals surface area contributed by atoms with Gasteiger partial charge in [0, 0.05) is 19.5 Å². The van der Waals surface area contributed by atoms with Gasteiger partial charge in [0.2, 0.25) is 17.9 Å². The summed E-state index contributed by atoms with van der Waals surface area (Å²) in [4.78, 5) is 54.2. The standard InChI is InChI=1S/C30H39F3N4O7/c1-29(18-44-29)26(39)22(15-19-5-3-4-6-19)34-27(40)23(16-20-7-9-21(42-2)10-8-20)35-28(41)25(30(31,32)33)36-24(38)17-37-11-13-43-14-12-37/h5,7-10,22-23,25H,3-4,6,11-18H2,1-2H3,(H,34,40)(H,35,41)(H,36,38)/t22-,23-,25?,29+/m0/s1. The van der Waals surface area contributed by atoms with E-state index in [4.69, 9.17) is 14.2 Å². The Morgan fingerprint density at radius 1 is 1.00 bits per heavy atom. The summed E-state index contributed by atoms with van der Waals surface area (Å²) in [6.07, 6.45) is -0.556. The normalized spacial score (nSPS) is 22.2. The lowest BCUT2D eigenvalue weighted by Gasteiger charge is -2.28. The number of epoxide rings is 1. The molecule has 0 aromatic heterocycles. The summed E-state index contributed by atoms with van der Waals surface area (Å²) in [6, 6.07) is 1.05. The molecule has 11 nitrogen and oxygen atoms in total. The van der Waals surface area contributed by atoms with Crippen LogP contribution in [0.2, 0.25) is 0 Å². The molecule has 0 spiro atoms. The van der Waals surface area contributed by atoms with Gasteiger partial charge in [-0.2, -0.15) is 13.2 Å². The number of methoxy groups -OCH3 is 1. The van der Waals surface area contributed by atoms with Gasteiger partial charge < -0.3 is 30.2 Å². The third kappa shape index (κ3) is 9.26. The first-order valence-electron chi connectivity index (χ1n) is 14.6. The van der Waals surface area contributed by atoms with E-state index in [9.17, 15) is 32.3 Å². The van der Waals surface area contributed by atoms with Crippen molar-refractivity contribution in [2.75, 3.05) is 46.6 Å². The molecule has 2 heterocycles. The maximum absolute atomic E-state index is 14.1. The second-order valence-corrected chi connectivity index (χ2v) is 11.4. The summed E-state index contributed by atoms with van der Waals surface area (Å²) < 4.78 is 57.8. The fourth-order valence-electron chi connectivity index (χ4n) is 5.21. The molecule has 2 saturated heterocycles. The Balaban J connectivity index is 1.52. The number of morpholine rings is 1. The molecule has 3 N–H and O–H groups in total. The number of rotatable bonds is 14. The molecule has 3 aliphatic rings. The molecule has 1 aliphatic carbocycles. The smallest absolute Gasteiger partial charge is 0.417 e. The zero-order valence-corrected chi connectivity index (χ0v) is 24.8. The maximum Gasteiger partial charge on any atom is 0.417 e. The Bertz CT molecular complexity index is 1230. The van der Waals surface area contributed by atoms with E-state index < -0.39 is 47.6 Å².